The summed E-state index contributed by atoms with van der Waals surface area (Å²) in [6, 6.07) is 7.25. The maximum Gasteiger partial charge on any atom is 0.254 e. The van der Waals surface area contributed by atoms with Gasteiger partial charge in [0.2, 0.25) is 0 Å². The fourth-order valence-corrected chi connectivity index (χ4v) is 3.70. The molecule has 130 valence electrons. The molecule has 6 nitrogen and oxygen atoms in total. The van der Waals surface area contributed by atoms with Crippen molar-refractivity contribution in [1.29, 1.82) is 5.26 Å². The number of halogens is 2. The van der Waals surface area contributed by atoms with Gasteiger partial charge in [0.25, 0.3) is 5.91 Å². The Morgan fingerprint density at radius 2 is 1.96 bits per heavy atom. The van der Waals surface area contributed by atoms with Crippen LogP contribution < -0.4 is 11.1 Å². The molecule has 1 fully saturated rings. The predicted octanol–water partition coefficient (Wildman–Crippen LogP) is 4.29. The van der Waals surface area contributed by atoms with E-state index in [1.54, 1.807) is 29.1 Å². The van der Waals surface area contributed by atoms with Gasteiger partial charge in [0, 0.05) is 21.9 Å². The van der Waals surface area contributed by atoms with Gasteiger partial charge in [-0.3, -0.25) is 9.48 Å². The number of hydrogen-bond donors (Lipinski definition) is 2. The van der Waals surface area contributed by atoms with Crippen molar-refractivity contribution in [2.45, 2.75) is 31.7 Å². The average molecular weight is 378 g/mol. The van der Waals surface area contributed by atoms with E-state index >= 15 is 0 Å². The number of benzene rings is 1. The van der Waals surface area contributed by atoms with Crippen LogP contribution in [-0.2, 0) is 0 Å². The SMILES string of the molecule is N#C[C@H]1CCCC[C@@H]1n1cc(C(N)=O)c(Nc2cc(Cl)cc(Cl)c2)n1. The number of nitrogens with one attached hydrogen (secondary N) is 1. The van der Waals surface area contributed by atoms with Crippen LogP contribution in [0.5, 0.6) is 0 Å². The molecule has 0 spiro atoms. The third kappa shape index (κ3) is 3.89. The van der Waals surface area contributed by atoms with Gasteiger partial charge in [-0.05, 0) is 31.0 Å². The molecule has 1 saturated carbocycles. The lowest BCUT2D eigenvalue weighted by atomic mass is 9.85. The van der Waals surface area contributed by atoms with Crippen LogP contribution in [0.25, 0.3) is 0 Å². The van der Waals surface area contributed by atoms with Crippen LogP contribution in [0.1, 0.15) is 42.1 Å². The van der Waals surface area contributed by atoms with Crippen LogP contribution in [-0.4, -0.2) is 15.7 Å². The summed E-state index contributed by atoms with van der Waals surface area (Å²) in [5.74, 6) is -0.387. The molecule has 1 heterocycles. The summed E-state index contributed by atoms with van der Waals surface area (Å²) in [5, 5.41) is 17.8. The Bertz CT molecular complexity index is 822. The molecule has 1 amide bonds. The van der Waals surface area contributed by atoms with Gasteiger partial charge in [-0.1, -0.05) is 36.0 Å². The van der Waals surface area contributed by atoms with Crippen molar-refractivity contribution < 1.29 is 4.79 Å². The summed E-state index contributed by atoms with van der Waals surface area (Å²) >= 11 is 12.0. The van der Waals surface area contributed by atoms with E-state index in [1.165, 1.54) is 0 Å². The number of nitrogens with two attached hydrogens (primary N) is 1. The van der Waals surface area contributed by atoms with Gasteiger partial charge in [-0.2, -0.15) is 10.4 Å². The molecule has 0 radical (unpaired) electrons. The highest BCUT2D eigenvalue weighted by molar-refractivity contribution is 6.35. The standard InChI is InChI=1S/C17H17Cl2N5O/c18-11-5-12(19)7-13(6-11)22-17-14(16(21)25)9-24(23-17)15-4-2-1-3-10(15)8-20/h5-7,9-10,15H,1-4H2,(H2,21,25)(H,22,23)/t10-,15+/m1/s1. The molecule has 1 aromatic carbocycles. The van der Waals surface area contributed by atoms with Crippen molar-refractivity contribution in [3.8, 4) is 6.07 Å². The Labute approximate surface area is 155 Å². The van der Waals surface area contributed by atoms with Gasteiger partial charge in [-0.25, -0.2) is 0 Å². The summed E-state index contributed by atoms with van der Waals surface area (Å²) in [5.41, 5.74) is 6.35. The summed E-state index contributed by atoms with van der Waals surface area (Å²) in [7, 11) is 0. The summed E-state index contributed by atoms with van der Waals surface area (Å²) in [6.45, 7) is 0. The molecule has 2 aromatic rings. The second-order valence-corrected chi connectivity index (χ2v) is 6.98. The molecule has 1 aromatic heterocycles. The molecule has 1 aliphatic rings. The third-order valence-corrected chi connectivity index (χ3v) is 4.79. The Kier molecular flexibility index (Phi) is 5.16. The first-order chi connectivity index (χ1) is 12.0. The van der Waals surface area contributed by atoms with E-state index < -0.39 is 5.91 Å². The van der Waals surface area contributed by atoms with Crippen LogP contribution in [0.2, 0.25) is 10.0 Å². The molecule has 0 saturated heterocycles. The van der Waals surface area contributed by atoms with Crippen molar-refractivity contribution in [3.63, 3.8) is 0 Å². The topological polar surface area (TPSA) is 96.7 Å². The van der Waals surface area contributed by atoms with Crippen LogP contribution >= 0.6 is 23.2 Å². The second-order valence-electron chi connectivity index (χ2n) is 6.11. The molecule has 0 unspecified atom stereocenters. The molecule has 3 N–H and O–H groups in total. The molecule has 0 bridgehead atoms. The van der Waals surface area contributed by atoms with E-state index in [1.807, 2.05) is 0 Å². The van der Waals surface area contributed by atoms with E-state index in [-0.39, 0.29) is 17.5 Å². The van der Waals surface area contributed by atoms with Crippen LogP contribution in [0.4, 0.5) is 11.5 Å². The molecule has 1 aliphatic carbocycles. The molecule has 2 atom stereocenters. The summed E-state index contributed by atoms with van der Waals surface area (Å²) < 4.78 is 1.68. The van der Waals surface area contributed by atoms with E-state index in [0.29, 0.717) is 21.6 Å². The van der Waals surface area contributed by atoms with Crippen LogP contribution in [0, 0.1) is 17.2 Å². The first-order valence-electron chi connectivity index (χ1n) is 7.99. The molecular formula is C17H17Cl2N5O. The third-order valence-electron chi connectivity index (χ3n) is 4.36. The highest BCUT2D eigenvalue weighted by Crippen LogP contribution is 2.34. The normalized spacial score (nSPS) is 20.0. The number of amides is 1. The highest BCUT2D eigenvalue weighted by atomic mass is 35.5. The van der Waals surface area contributed by atoms with E-state index in [4.69, 9.17) is 28.9 Å². The van der Waals surface area contributed by atoms with Gasteiger partial charge < -0.3 is 11.1 Å². The largest absolute Gasteiger partial charge is 0.365 e. The zero-order valence-electron chi connectivity index (χ0n) is 13.4. The molecule has 8 heteroatoms. The van der Waals surface area contributed by atoms with E-state index in [9.17, 15) is 10.1 Å². The van der Waals surface area contributed by atoms with Gasteiger partial charge in [0.15, 0.2) is 5.82 Å². The van der Waals surface area contributed by atoms with Crippen molar-refractivity contribution in [3.05, 3.63) is 40.0 Å². The first-order valence-corrected chi connectivity index (χ1v) is 8.75. The van der Waals surface area contributed by atoms with Gasteiger partial charge >= 0.3 is 0 Å². The molecule has 25 heavy (non-hydrogen) atoms. The van der Waals surface area contributed by atoms with E-state index in [0.717, 1.165) is 25.7 Å². The van der Waals surface area contributed by atoms with Gasteiger partial charge in [0.05, 0.1) is 18.0 Å². The van der Waals surface area contributed by atoms with E-state index in [2.05, 4.69) is 16.5 Å². The number of nitrogens with zero attached hydrogens (tertiary/aromatic N) is 3. The zero-order chi connectivity index (χ0) is 18.0. The van der Waals surface area contributed by atoms with Gasteiger partial charge in [0.1, 0.15) is 5.56 Å². The number of nitriles is 1. The molecular weight excluding hydrogens is 361 g/mol. The number of carbonyl (C=O) groups is 1. The lowest BCUT2D eigenvalue weighted by molar-refractivity contribution is 0.100. The Hall–Kier alpha value is -2.23. The smallest absolute Gasteiger partial charge is 0.254 e. The predicted molar refractivity (Wildman–Crippen MR) is 97.1 cm³/mol. The number of aromatic nitrogens is 2. The minimum absolute atomic E-state index is 0.0599. The maximum atomic E-state index is 11.8. The van der Waals surface area contributed by atoms with Crippen LogP contribution in [0.15, 0.2) is 24.4 Å². The number of anilines is 2. The minimum Gasteiger partial charge on any atom is -0.365 e. The minimum atomic E-state index is -0.591. The van der Waals surface area contributed by atoms with Crippen LogP contribution in [0.3, 0.4) is 0 Å². The lowest BCUT2D eigenvalue weighted by Crippen LogP contribution is -2.22. The average Bonchev–Trinajstić information content (AvgIpc) is 2.97. The van der Waals surface area contributed by atoms with Crippen molar-refractivity contribution in [2.75, 3.05) is 5.32 Å². The quantitative estimate of drug-likeness (QED) is 0.830. The highest BCUT2D eigenvalue weighted by Gasteiger charge is 2.28. The molecule has 0 aliphatic heterocycles. The van der Waals surface area contributed by atoms with Gasteiger partial charge in [-0.15, -0.1) is 0 Å². The summed E-state index contributed by atoms with van der Waals surface area (Å²) in [4.78, 5) is 11.8. The fraction of sp³-hybridized carbons (Fsp3) is 0.353. The second kappa shape index (κ2) is 7.34. The number of carbonyl (C=O) groups excluding carboxylic acids is 1. The van der Waals surface area contributed by atoms with Crippen molar-refractivity contribution >= 4 is 40.6 Å². The Morgan fingerprint density at radius 1 is 1.28 bits per heavy atom. The Morgan fingerprint density at radius 3 is 2.60 bits per heavy atom. The molecule has 3 rings (SSSR count). The number of primary amides is 1. The Balaban J connectivity index is 1.95. The van der Waals surface area contributed by atoms with Crippen molar-refractivity contribution in [1.82, 2.24) is 9.78 Å². The van der Waals surface area contributed by atoms with Crippen molar-refractivity contribution in [2.24, 2.45) is 11.7 Å². The maximum absolute atomic E-state index is 11.8. The monoisotopic (exact) mass is 377 g/mol. The number of hydrogen-bond acceptors (Lipinski definition) is 4. The fourth-order valence-electron chi connectivity index (χ4n) is 3.18. The number of rotatable bonds is 4. The first kappa shape index (κ1) is 17.6. The summed E-state index contributed by atoms with van der Waals surface area (Å²) in [6.07, 6.45) is 5.35. The lowest BCUT2D eigenvalue weighted by Gasteiger charge is -2.26. The zero-order valence-corrected chi connectivity index (χ0v) is 14.9.